The second-order valence-electron chi connectivity index (χ2n) is 5.51. The van der Waals surface area contributed by atoms with E-state index in [0.717, 1.165) is 25.8 Å². The van der Waals surface area contributed by atoms with E-state index >= 15 is 0 Å². The number of hydrogen-bond acceptors (Lipinski definition) is 2. The van der Waals surface area contributed by atoms with Crippen molar-refractivity contribution in [2.75, 3.05) is 0 Å². The Kier molecular flexibility index (Phi) is 7.34. The highest BCUT2D eigenvalue weighted by Crippen LogP contribution is 2.18. The molecule has 4 heteroatoms. The van der Waals surface area contributed by atoms with Crippen LogP contribution in [0.2, 0.25) is 0 Å². The number of unbranched alkanes of at least 4 members (excludes halogenated alkanes) is 4. The number of carboxylic acids is 1. The van der Waals surface area contributed by atoms with E-state index in [9.17, 15) is 4.79 Å². The number of carbonyl (C=O) groups is 1. The minimum Gasteiger partial charge on any atom is -0.481 e. The van der Waals surface area contributed by atoms with Gasteiger partial charge in [0.25, 0.3) is 0 Å². The average Bonchev–Trinajstić information content (AvgIpc) is 2.82. The van der Waals surface area contributed by atoms with Gasteiger partial charge in [-0.05, 0) is 32.3 Å². The standard InChI is InChI=1S/C16H28N2O2/c1-4-6-8-10-14-12-15(13(3)16(19)20)17-18(14)11-9-7-5-2/h12-13H,4-11H2,1-3H3,(H,19,20). The molecule has 20 heavy (non-hydrogen) atoms. The molecular weight excluding hydrogens is 252 g/mol. The lowest BCUT2D eigenvalue weighted by molar-refractivity contribution is -0.138. The molecule has 114 valence electrons. The van der Waals surface area contributed by atoms with Crippen molar-refractivity contribution in [2.45, 2.75) is 78.2 Å². The van der Waals surface area contributed by atoms with Crippen molar-refractivity contribution in [1.82, 2.24) is 9.78 Å². The molecule has 0 aliphatic heterocycles. The van der Waals surface area contributed by atoms with Gasteiger partial charge in [-0.1, -0.05) is 39.5 Å². The Hall–Kier alpha value is -1.32. The van der Waals surface area contributed by atoms with E-state index in [1.807, 2.05) is 10.7 Å². The number of aromatic nitrogens is 2. The molecule has 0 saturated carbocycles. The molecule has 1 aromatic heterocycles. The number of aliphatic carboxylic acids is 1. The van der Waals surface area contributed by atoms with Gasteiger partial charge >= 0.3 is 5.97 Å². The van der Waals surface area contributed by atoms with E-state index < -0.39 is 11.9 Å². The molecule has 1 rings (SSSR count). The van der Waals surface area contributed by atoms with Crippen molar-refractivity contribution in [1.29, 1.82) is 0 Å². The molecule has 0 radical (unpaired) electrons. The van der Waals surface area contributed by atoms with Crippen LogP contribution < -0.4 is 0 Å². The highest BCUT2D eigenvalue weighted by Gasteiger charge is 2.19. The van der Waals surface area contributed by atoms with Crippen LogP contribution in [0.5, 0.6) is 0 Å². The summed E-state index contributed by atoms with van der Waals surface area (Å²) in [5.41, 5.74) is 1.89. The van der Waals surface area contributed by atoms with Crippen LogP contribution in [0, 0.1) is 0 Å². The van der Waals surface area contributed by atoms with E-state index in [-0.39, 0.29) is 0 Å². The van der Waals surface area contributed by atoms with Gasteiger partial charge in [-0.2, -0.15) is 5.10 Å². The summed E-state index contributed by atoms with van der Waals surface area (Å²) in [5, 5.41) is 13.6. The SMILES string of the molecule is CCCCCc1cc(C(C)C(=O)O)nn1CCCCC. The molecule has 0 bridgehead atoms. The molecule has 0 aliphatic rings. The van der Waals surface area contributed by atoms with Crippen molar-refractivity contribution >= 4 is 5.97 Å². The third kappa shape index (κ3) is 4.99. The molecule has 1 N–H and O–H groups in total. The molecule has 1 aromatic rings. The quantitative estimate of drug-likeness (QED) is 0.659. The Morgan fingerprint density at radius 2 is 1.90 bits per heavy atom. The van der Waals surface area contributed by atoms with Crippen LogP contribution in [-0.2, 0) is 17.8 Å². The Bertz CT molecular complexity index is 385. The highest BCUT2D eigenvalue weighted by molar-refractivity contribution is 5.74. The van der Waals surface area contributed by atoms with Crippen LogP contribution in [0.25, 0.3) is 0 Å². The fourth-order valence-electron chi connectivity index (χ4n) is 2.28. The number of hydrogen-bond donors (Lipinski definition) is 1. The van der Waals surface area contributed by atoms with Gasteiger partial charge in [0.15, 0.2) is 0 Å². The first-order chi connectivity index (χ1) is 9.60. The zero-order valence-corrected chi connectivity index (χ0v) is 13.1. The molecule has 0 saturated heterocycles. The smallest absolute Gasteiger partial charge is 0.312 e. The third-order valence-electron chi connectivity index (χ3n) is 3.71. The minimum absolute atomic E-state index is 0.521. The summed E-state index contributed by atoms with van der Waals surface area (Å²) >= 11 is 0. The Morgan fingerprint density at radius 1 is 1.25 bits per heavy atom. The first-order valence-corrected chi connectivity index (χ1v) is 7.89. The molecule has 1 atom stereocenters. The summed E-state index contributed by atoms with van der Waals surface area (Å²) in [5.74, 6) is -1.32. The Balaban J connectivity index is 2.78. The largest absolute Gasteiger partial charge is 0.481 e. The van der Waals surface area contributed by atoms with E-state index in [1.54, 1.807) is 6.92 Å². The Morgan fingerprint density at radius 3 is 2.50 bits per heavy atom. The van der Waals surface area contributed by atoms with Crippen LogP contribution in [0.1, 0.15) is 76.6 Å². The van der Waals surface area contributed by atoms with Crippen molar-refractivity contribution in [3.8, 4) is 0 Å². The zero-order valence-electron chi connectivity index (χ0n) is 13.1. The molecule has 0 aliphatic carbocycles. The molecule has 1 unspecified atom stereocenters. The van der Waals surface area contributed by atoms with Crippen molar-refractivity contribution < 1.29 is 9.90 Å². The van der Waals surface area contributed by atoms with Crippen LogP contribution in [0.15, 0.2) is 6.07 Å². The molecule has 0 aromatic carbocycles. The van der Waals surface area contributed by atoms with Crippen LogP contribution >= 0.6 is 0 Å². The normalized spacial score (nSPS) is 12.6. The highest BCUT2D eigenvalue weighted by atomic mass is 16.4. The molecular formula is C16H28N2O2. The topological polar surface area (TPSA) is 55.1 Å². The lowest BCUT2D eigenvalue weighted by Crippen LogP contribution is -2.10. The van der Waals surface area contributed by atoms with Gasteiger partial charge in [-0.3, -0.25) is 9.48 Å². The van der Waals surface area contributed by atoms with Crippen LogP contribution in [0.3, 0.4) is 0 Å². The Labute approximate surface area is 122 Å². The van der Waals surface area contributed by atoms with Crippen molar-refractivity contribution in [3.05, 3.63) is 17.5 Å². The van der Waals surface area contributed by atoms with E-state index in [0.29, 0.717) is 5.69 Å². The fraction of sp³-hybridized carbons (Fsp3) is 0.750. The summed E-state index contributed by atoms with van der Waals surface area (Å²) in [4.78, 5) is 11.1. The molecule has 4 nitrogen and oxygen atoms in total. The van der Waals surface area contributed by atoms with Crippen molar-refractivity contribution in [2.24, 2.45) is 0 Å². The summed E-state index contributed by atoms with van der Waals surface area (Å²) in [6.45, 7) is 6.98. The van der Waals surface area contributed by atoms with E-state index in [2.05, 4.69) is 18.9 Å². The van der Waals surface area contributed by atoms with Gasteiger partial charge < -0.3 is 5.11 Å². The fourth-order valence-corrected chi connectivity index (χ4v) is 2.28. The van der Waals surface area contributed by atoms with E-state index in [4.69, 9.17) is 5.11 Å². The van der Waals surface area contributed by atoms with Gasteiger partial charge in [0.05, 0.1) is 11.6 Å². The van der Waals surface area contributed by atoms with E-state index in [1.165, 1.54) is 31.4 Å². The van der Waals surface area contributed by atoms with Crippen LogP contribution in [0.4, 0.5) is 0 Å². The maximum atomic E-state index is 11.1. The van der Waals surface area contributed by atoms with Crippen LogP contribution in [-0.4, -0.2) is 20.9 Å². The van der Waals surface area contributed by atoms with Crippen molar-refractivity contribution in [3.63, 3.8) is 0 Å². The number of nitrogens with zero attached hydrogens (tertiary/aromatic N) is 2. The van der Waals surface area contributed by atoms with Gasteiger partial charge in [0.2, 0.25) is 0 Å². The summed E-state index contributed by atoms with van der Waals surface area (Å²) < 4.78 is 2.03. The van der Waals surface area contributed by atoms with Gasteiger partial charge in [0.1, 0.15) is 0 Å². The number of aryl methyl sites for hydroxylation is 2. The lowest BCUT2D eigenvalue weighted by Gasteiger charge is -2.06. The zero-order chi connectivity index (χ0) is 15.0. The monoisotopic (exact) mass is 280 g/mol. The van der Waals surface area contributed by atoms with Gasteiger partial charge in [-0.15, -0.1) is 0 Å². The number of carboxylic acid groups (broad SMARTS) is 1. The summed E-state index contributed by atoms with van der Waals surface area (Å²) in [6, 6.07) is 1.99. The summed E-state index contributed by atoms with van der Waals surface area (Å²) in [6.07, 6.45) is 8.05. The predicted molar refractivity (Wildman–Crippen MR) is 81.0 cm³/mol. The second kappa shape index (κ2) is 8.77. The second-order valence-corrected chi connectivity index (χ2v) is 5.51. The number of rotatable bonds is 10. The average molecular weight is 280 g/mol. The molecule has 0 spiro atoms. The predicted octanol–water partition coefficient (Wildman–Crippen LogP) is 3.99. The first-order valence-electron chi connectivity index (χ1n) is 7.89. The maximum Gasteiger partial charge on any atom is 0.312 e. The third-order valence-corrected chi connectivity index (χ3v) is 3.71. The summed E-state index contributed by atoms with van der Waals surface area (Å²) in [7, 11) is 0. The maximum absolute atomic E-state index is 11.1. The first kappa shape index (κ1) is 16.7. The molecule has 0 fully saturated rings. The minimum atomic E-state index is -0.802. The molecule has 0 amide bonds. The lowest BCUT2D eigenvalue weighted by atomic mass is 10.1. The molecule has 1 heterocycles. The van der Waals surface area contributed by atoms with Gasteiger partial charge in [-0.25, -0.2) is 0 Å². The van der Waals surface area contributed by atoms with Gasteiger partial charge in [0, 0.05) is 12.2 Å².